The maximum absolute atomic E-state index is 12.2. The quantitative estimate of drug-likeness (QED) is 0.797. The summed E-state index contributed by atoms with van der Waals surface area (Å²) < 4.78 is 0. The zero-order valence-electron chi connectivity index (χ0n) is 10.7. The van der Waals surface area contributed by atoms with Crippen molar-refractivity contribution in [3.63, 3.8) is 0 Å². The first kappa shape index (κ1) is 13.3. The average Bonchev–Trinajstić information content (AvgIpc) is 2.65. The second-order valence-electron chi connectivity index (χ2n) is 4.96. The fourth-order valence-electron chi connectivity index (χ4n) is 2.46. The summed E-state index contributed by atoms with van der Waals surface area (Å²) in [5.74, 6) is -0.579. The smallest absolute Gasteiger partial charge is 0.256 e. The molecular weight excluding hydrogens is 242 g/mol. The Balaban J connectivity index is 2.17. The first-order valence-electron chi connectivity index (χ1n) is 6.54. The normalized spacial score (nSPS) is 18.1. The minimum Gasteiger partial charge on any atom is -0.505 e. The predicted molar refractivity (Wildman–Crippen MR) is 69.4 cm³/mol. The van der Waals surface area contributed by atoms with E-state index in [-0.39, 0.29) is 11.3 Å². The third-order valence-electron chi connectivity index (χ3n) is 3.57. The number of nitriles is 1. The van der Waals surface area contributed by atoms with E-state index >= 15 is 0 Å². The van der Waals surface area contributed by atoms with Crippen LogP contribution >= 0.6 is 0 Å². The van der Waals surface area contributed by atoms with Gasteiger partial charge in [-0.2, -0.15) is 5.26 Å². The largest absolute Gasteiger partial charge is 0.505 e. The standard InChI is InChI=1S/C14H17N3O2/c15-10-14(6-3-1-2-4-7-14)17-13(19)11-5-8-16-9-12(11)18/h5,8-9,18H,1-4,6-7H2,(H,17,19). The zero-order chi connectivity index (χ0) is 13.7. The van der Waals surface area contributed by atoms with E-state index in [4.69, 9.17) is 0 Å². The Morgan fingerprint density at radius 2 is 2.05 bits per heavy atom. The molecule has 1 aromatic rings. The summed E-state index contributed by atoms with van der Waals surface area (Å²) in [6.07, 6.45) is 8.08. The lowest BCUT2D eigenvalue weighted by molar-refractivity contribution is 0.0910. The SMILES string of the molecule is N#CC1(NC(=O)c2ccncc2O)CCCCCC1. The van der Waals surface area contributed by atoms with Gasteiger partial charge in [-0.1, -0.05) is 25.7 Å². The van der Waals surface area contributed by atoms with E-state index in [1.807, 2.05) is 0 Å². The van der Waals surface area contributed by atoms with Crippen LogP contribution in [0.5, 0.6) is 5.75 Å². The van der Waals surface area contributed by atoms with Crippen molar-refractivity contribution in [2.45, 2.75) is 44.1 Å². The number of amides is 1. The van der Waals surface area contributed by atoms with Gasteiger partial charge in [0, 0.05) is 6.20 Å². The molecule has 1 heterocycles. The van der Waals surface area contributed by atoms with Crippen molar-refractivity contribution < 1.29 is 9.90 Å². The van der Waals surface area contributed by atoms with Gasteiger partial charge in [0.25, 0.3) is 5.91 Å². The van der Waals surface area contributed by atoms with Crippen LogP contribution < -0.4 is 5.32 Å². The van der Waals surface area contributed by atoms with Crippen LogP contribution in [0.15, 0.2) is 18.5 Å². The molecule has 0 saturated heterocycles. The molecule has 1 amide bonds. The minimum absolute atomic E-state index is 0.161. The van der Waals surface area contributed by atoms with Crippen molar-refractivity contribution in [3.05, 3.63) is 24.0 Å². The van der Waals surface area contributed by atoms with Crippen LogP contribution in [-0.2, 0) is 0 Å². The van der Waals surface area contributed by atoms with Crippen LogP contribution in [0.2, 0.25) is 0 Å². The molecule has 0 spiro atoms. The Labute approximate surface area is 112 Å². The van der Waals surface area contributed by atoms with Gasteiger partial charge in [0.1, 0.15) is 11.3 Å². The second kappa shape index (κ2) is 5.70. The molecule has 1 aliphatic rings. The van der Waals surface area contributed by atoms with E-state index in [0.717, 1.165) is 25.7 Å². The highest BCUT2D eigenvalue weighted by Gasteiger charge is 2.33. The number of nitrogens with one attached hydrogen (secondary N) is 1. The van der Waals surface area contributed by atoms with E-state index in [2.05, 4.69) is 16.4 Å². The molecule has 0 bridgehead atoms. The molecular formula is C14H17N3O2. The Hall–Kier alpha value is -2.09. The summed E-state index contributed by atoms with van der Waals surface area (Å²) in [7, 11) is 0. The Bertz CT molecular complexity index is 500. The number of rotatable bonds is 2. The highest BCUT2D eigenvalue weighted by molar-refractivity contribution is 5.97. The van der Waals surface area contributed by atoms with Gasteiger partial charge >= 0.3 is 0 Å². The van der Waals surface area contributed by atoms with Gasteiger partial charge in [0.2, 0.25) is 0 Å². The third-order valence-corrected chi connectivity index (χ3v) is 3.57. The van der Waals surface area contributed by atoms with Crippen LogP contribution in [0.1, 0.15) is 48.9 Å². The maximum atomic E-state index is 12.2. The van der Waals surface area contributed by atoms with Crippen LogP contribution in [0.3, 0.4) is 0 Å². The van der Waals surface area contributed by atoms with E-state index in [1.54, 1.807) is 0 Å². The van der Waals surface area contributed by atoms with Crippen LogP contribution in [-0.4, -0.2) is 21.5 Å². The van der Waals surface area contributed by atoms with E-state index in [9.17, 15) is 15.2 Å². The molecule has 5 heteroatoms. The first-order valence-corrected chi connectivity index (χ1v) is 6.54. The Kier molecular flexibility index (Phi) is 4.00. The van der Waals surface area contributed by atoms with Crippen LogP contribution in [0.4, 0.5) is 0 Å². The van der Waals surface area contributed by atoms with Gasteiger partial charge in [-0.05, 0) is 18.9 Å². The molecule has 1 saturated carbocycles. The van der Waals surface area contributed by atoms with Gasteiger partial charge in [0.05, 0.1) is 17.8 Å². The predicted octanol–water partition coefficient (Wildman–Crippen LogP) is 2.13. The summed E-state index contributed by atoms with van der Waals surface area (Å²) in [6.45, 7) is 0. The number of carbonyl (C=O) groups excluding carboxylic acids is 1. The highest BCUT2D eigenvalue weighted by Crippen LogP contribution is 2.27. The molecule has 0 radical (unpaired) electrons. The van der Waals surface area contributed by atoms with Crippen molar-refractivity contribution in [1.82, 2.24) is 10.3 Å². The summed E-state index contributed by atoms with van der Waals surface area (Å²) in [5, 5.41) is 21.8. The number of carbonyl (C=O) groups is 1. The minimum atomic E-state index is -0.802. The Morgan fingerprint density at radius 1 is 1.37 bits per heavy atom. The summed E-state index contributed by atoms with van der Waals surface area (Å²) in [4.78, 5) is 15.9. The molecule has 5 nitrogen and oxygen atoms in total. The molecule has 0 aliphatic heterocycles. The molecule has 0 aromatic carbocycles. The van der Waals surface area contributed by atoms with Gasteiger partial charge in [-0.15, -0.1) is 0 Å². The van der Waals surface area contributed by atoms with E-state index in [1.165, 1.54) is 18.5 Å². The molecule has 1 aromatic heterocycles. The number of hydrogen-bond acceptors (Lipinski definition) is 4. The van der Waals surface area contributed by atoms with Gasteiger partial charge < -0.3 is 10.4 Å². The van der Waals surface area contributed by atoms with Gasteiger partial charge in [-0.25, -0.2) is 0 Å². The molecule has 1 aliphatic carbocycles. The number of hydrogen-bond donors (Lipinski definition) is 2. The molecule has 2 N–H and O–H groups in total. The zero-order valence-corrected chi connectivity index (χ0v) is 10.7. The average molecular weight is 259 g/mol. The first-order chi connectivity index (χ1) is 9.17. The fraction of sp³-hybridized carbons (Fsp3) is 0.500. The number of nitrogens with zero attached hydrogens (tertiary/aromatic N) is 2. The monoisotopic (exact) mass is 259 g/mol. The highest BCUT2D eigenvalue weighted by atomic mass is 16.3. The molecule has 100 valence electrons. The topological polar surface area (TPSA) is 86.0 Å². The Morgan fingerprint density at radius 3 is 2.63 bits per heavy atom. The van der Waals surface area contributed by atoms with Crippen molar-refractivity contribution >= 4 is 5.91 Å². The second-order valence-corrected chi connectivity index (χ2v) is 4.96. The van der Waals surface area contributed by atoms with Gasteiger partial charge in [-0.3, -0.25) is 9.78 Å². The number of aromatic nitrogens is 1. The number of aromatic hydroxyl groups is 1. The molecule has 0 unspecified atom stereocenters. The van der Waals surface area contributed by atoms with Gasteiger partial charge in [0.15, 0.2) is 0 Å². The lowest BCUT2D eigenvalue weighted by Crippen LogP contribution is -2.47. The van der Waals surface area contributed by atoms with Crippen molar-refractivity contribution in [1.29, 1.82) is 5.26 Å². The fourth-order valence-corrected chi connectivity index (χ4v) is 2.46. The van der Waals surface area contributed by atoms with Crippen LogP contribution in [0, 0.1) is 11.3 Å². The van der Waals surface area contributed by atoms with Crippen molar-refractivity contribution in [2.75, 3.05) is 0 Å². The lowest BCUT2D eigenvalue weighted by Gasteiger charge is -2.26. The van der Waals surface area contributed by atoms with E-state index in [0.29, 0.717) is 12.8 Å². The molecule has 1 fully saturated rings. The molecule has 19 heavy (non-hydrogen) atoms. The molecule has 2 rings (SSSR count). The maximum Gasteiger partial charge on any atom is 0.256 e. The lowest BCUT2D eigenvalue weighted by atomic mass is 9.91. The third kappa shape index (κ3) is 3.02. The summed E-state index contributed by atoms with van der Waals surface area (Å²) >= 11 is 0. The van der Waals surface area contributed by atoms with Crippen LogP contribution in [0.25, 0.3) is 0 Å². The summed E-state index contributed by atoms with van der Waals surface area (Å²) in [5.41, 5.74) is -0.641. The summed E-state index contributed by atoms with van der Waals surface area (Å²) in [6, 6.07) is 3.70. The van der Waals surface area contributed by atoms with E-state index < -0.39 is 11.4 Å². The van der Waals surface area contributed by atoms with Crippen molar-refractivity contribution in [3.8, 4) is 11.8 Å². The van der Waals surface area contributed by atoms with Crippen molar-refractivity contribution in [2.24, 2.45) is 0 Å². The molecule has 0 atom stereocenters. The number of pyridine rings is 1.